The van der Waals surface area contributed by atoms with Gasteiger partial charge in [0.2, 0.25) is 0 Å². The number of hydrogen-bond acceptors (Lipinski definition) is 4. The van der Waals surface area contributed by atoms with Crippen molar-refractivity contribution in [3.05, 3.63) is 33.7 Å². The molecule has 7 heteroatoms. The van der Waals surface area contributed by atoms with Gasteiger partial charge in [-0.3, -0.25) is 4.79 Å². The average molecular weight is 329 g/mol. The van der Waals surface area contributed by atoms with Crippen LogP contribution in [-0.4, -0.2) is 23.4 Å². The zero-order chi connectivity index (χ0) is 17.6. The molecule has 1 heterocycles. The van der Waals surface area contributed by atoms with Crippen LogP contribution in [0.3, 0.4) is 0 Å². The Bertz CT molecular complexity index is 611. The third-order valence-electron chi connectivity index (χ3n) is 3.27. The first-order chi connectivity index (χ1) is 10.8. The Hall–Kier alpha value is -2.05. The minimum absolute atomic E-state index is 0.0426. The Kier molecular flexibility index (Phi) is 7.06. The number of ether oxygens (including phenoxy) is 1. The van der Waals surface area contributed by atoms with Crippen LogP contribution in [0.4, 0.5) is 8.78 Å². The van der Waals surface area contributed by atoms with Crippen molar-refractivity contribution in [2.75, 3.05) is 6.61 Å². The first-order valence-electron chi connectivity index (χ1n) is 7.45. The molecule has 23 heavy (non-hydrogen) atoms. The molecule has 0 fully saturated rings. The number of nitrogens with zero attached hydrogens (tertiary/aromatic N) is 1. The molecule has 0 aliphatic heterocycles. The maximum Gasteiger partial charge on any atom is 0.329 e. The van der Waals surface area contributed by atoms with Crippen molar-refractivity contribution in [2.45, 2.75) is 46.1 Å². The summed E-state index contributed by atoms with van der Waals surface area (Å²) in [6, 6.07) is 0.0155. The van der Waals surface area contributed by atoms with E-state index >= 15 is 0 Å². The molecule has 0 saturated carbocycles. The highest BCUT2D eigenvalue weighted by Crippen LogP contribution is 2.22. The van der Waals surface area contributed by atoms with Crippen molar-refractivity contribution in [2.24, 2.45) is 5.92 Å². The van der Waals surface area contributed by atoms with Gasteiger partial charge in [0.1, 0.15) is 12.3 Å². The molecule has 0 radical (unpaired) electrons. The first kappa shape index (κ1) is 19.0. The second-order valence-corrected chi connectivity index (χ2v) is 5.58. The van der Waals surface area contributed by atoms with Crippen LogP contribution in [0.25, 0.3) is 0 Å². The van der Waals surface area contributed by atoms with Gasteiger partial charge in [0, 0.05) is 12.6 Å². The molecule has 1 unspecified atom stereocenters. The zero-order valence-electron chi connectivity index (χ0n) is 13.4. The number of rotatable bonds is 8. The molecule has 0 aliphatic carbocycles. The molecule has 1 atom stereocenters. The molecular formula is C16H21F2NO4. The number of esters is 1. The fourth-order valence-corrected chi connectivity index (χ4v) is 2.29. The number of aromatic nitrogens is 1. The van der Waals surface area contributed by atoms with Crippen LogP contribution in [-0.2, 0) is 20.7 Å². The van der Waals surface area contributed by atoms with E-state index in [4.69, 9.17) is 4.74 Å². The smallest absolute Gasteiger partial charge is 0.329 e. The summed E-state index contributed by atoms with van der Waals surface area (Å²) >= 11 is 0. The van der Waals surface area contributed by atoms with Crippen LogP contribution in [0.1, 0.15) is 50.8 Å². The van der Waals surface area contributed by atoms with Crippen molar-refractivity contribution in [1.29, 1.82) is 0 Å². The second kappa shape index (κ2) is 8.55. The number of alkyl halides is 2. The highest BCUT2D eigenvalue weighted by molar-refractivity contribution is 5.74. The Balaban J connectivity index is 3.46. The maximum absolute atomic E-state index is 13.1. The monoisotopic (exact) mass is 329 g/mol. The fourth-order valence-electron chi connectivity index (χ4n) is 2.29. The van der Waals surface area contributed by atoms with Crippen molar-refractivity contribution in [1.82, 2.24) is 4.57 Å². The van der Waals surface area contributed by atoms with E-state index in [-0.39, 0.29) is 30.9 Å². The lowest BCUT2D eigenvalue weighted by atomic mass is 10.0. The SMILES string of the molecule is CCOC(=O)C(CC(C)C)n1cc(CC=O)cc(C(F)F)c1=O. The predicted molar refractivity (Wildman–Crippen MR) is 80.6 cm³/mol. The summed E-state index contributed by atoms with van der Waals surface area (Å²) in [7, 11) is 0. The topological polar surface area (TPSA) is 65.4 Å². The van der Waals surface area contributed by atoms with Crippen LogP contribution in [0.2, 0.25) is 0 Å². The number of aldehydes is 1. The summed E-state index contributed by atoms with van der Waals surface area (Å²) in [5.41, 5.74) is -1.40. The van der Waals surface area contributed by atoms with Crippen molar-refractivity contribution >= 4 is 12.3 Å². The molecule has 0 spiro atoms. The number of halogens is 2. The van der Waals surface area contributed by atoms with Crippen LogP contribution in [0, 0.1) is 5.92 Å². The van der Waals surface area contributed by atoms with E-state index in [2.05, 4.69) is 0 Å². The molecule has 0 aromatic carbocycles. The number of carbonyl (C=O) groups is 2. The van der Waals surface area contributed by atoms with Gasteiger partial charge in [-0.2, -0.15) is 0 Å². The predicted octanol–water partition coefficient (Wildman–Crippen LogP) is 2.68. The fraction of sp³-hybridized carbons (Fsp3) is 0.562. The van der Waals surface area contributed by atoms with Gasteiger partial charge in [0.15, 0.2) is 0 Å². The molecule has 1 rings (SSSR count). The molecule has 1 aromatic rings. The van der Waals surface area contributed by atoms with Crippen LogP contribution in [0.5, 0.6) is 0 Å². The molecule has 0 saturated heterocycles. The van der Waals surface area contributed by atoms with E-state index in [0.29, 0.717) is 6.29 Å². The Morgan fingerprint density at radius 1 is 1.39 bits per heavy atom. The normalized spacial score (nSPS) is 12.5. The Morgan fingerprint density at radius 3 is 2.52 bits per heavy atom. The molecule has 0 N–H and O–H groups in total. The minimum Gasteiger partial charge on any atom is -0.464 e. The van der Waals surface area contributed by atoms with Crippen LogP contribution >= 0.6 is 0 Å². The standard InChI is InChI=1S/C16H21F2NO4/c1-4-23-16(22)13(7-10(2)3)19-9-11(5-6-20)8-12(14(17)18)15(19)21/h6,8-10,13-14H,4-5,7H2,1-3H3. The van der Waals surface area contributed by atoms with E-state index in [0.717, 1.165) is 10.6 Å². The third kappa shape index (κ3) is 4.97. The maximum atomic E-state index is 13.1. The number of pyridine rings is 1. The lowest BCUT2D eigenvalue weighted by Crippen LogP contribution is -2.34. The van der Waals surface area contributed by atoms with E-state index in [9.17, 15) is 23.2 Å². The van der Waals surface area contributed by atoms with Gasteiger partial charge in [-0.1, -0.05) is 13.8 Å². The first-order valence-corrected chi connectivity index (χ1v) is 7.45. The van der Waals surface area contributed by atoms with Gasteiger partial charge < -0.3 is 14.1 Å². The van der Waals surface area contributed by atoms with Crippen LogP contribution < -0.4 is 5.56 Å². The molecule has 0 aliphatic rings. The van der Waals surface area contributed by atoms with E-state index in [1.54, 1.807) is 6.92 Å². The van der Waals surface area contributed by atoms with Gasteiger partial charge in [-0.05, 0) is 30.9 Å². The van der Waals surface area contributed by atoms with E-state index in [1.165, 1.54) is 6.20 Å². The minimum atomic E-state index is -2.98. The highest BCUT2D eigenvalue weighted by atomic mass is 19.3. The van der Waals surface area contributed by atoms with Crippen LogP contribution in [0.15, 0.2) is 17.1 Å². The summed E-state index contributed by atoms with van der Waals surface area (Å²) < 4.78 is 32.1. The second-order valence-electron chi connectivity index (χ2n) is 5.58. The largest absolute Gasteiger partial charge is 0.464 e. The van der Waals surface area contributed by atoms with Crippen molar-refractivity contribution in [3.63, 3.8) is 0 Å². The van der Waals surface area contributed by atoms with Gasteiger partial charge in [-0.15, -0.1) is 0 Å². The van der Waals surface area contributed by atoms with E-state index < -0.39 is 29.6 Å². The Morgan fingerprint density at radius 2 is 2.04 bits per heavy atom. The molecule has 1 aromatic heterocycles. The average Bonchev–Trinajstić information content (AvgIpc) is 2.46. The Labute approximate surface area is 133 Å². The summed E-state index contributed by atoms with van der Waals surface area (Å²) in [4.78, 5) is 35.1. The summed E-state index contributed by atoms with van der Waals surface area (Å²) in [5.74, 6) is -0.604. The number of carbonyl (C=O) groups excluding carboxylic acids is 2. The summed E-state index contributed by atoms with van der Waals surface area (Å²) in [5, 5.41) is 0. The zero-order valence-corrected chi connectivity index (χ0v) is 13.4. The quantitative estimate of drug-likeness (QED) is 0.543. The molecule has 0 bridgehead atoms. The third-order valence-corrected chi connectivity index (χ3v) is 3.27. The number of hydrogen-bond donors (Lipinski definition) is 0. The summed E-state index contributed by atoms with van der Waals surface area (Å²) in [6.07, 6.45) is -0.987. The van der Waals surface area contributed by atoms with E-state index in [1.807, 2.05) is 13.8 Å². The molecule has 128 valence electrons. The lowest BCUT2D eigenvalue weighted by molar-refractivity contribution is -0.147. The molecule has 5 nitrogen and oxygen atoms in total. The van der Waals surface area contributed by atoms with Crippen molar-refractivity contribution in [3.8, 4) is 0 Å². The van der Waals surface area contributed by atoms with Gasteiger partial charge in [0.25, 0.3) is 12.0 Å². The van der Waals surface area contributed by atoms with Gasteiger partial charge in [-0.25, -0.2) is 13.6 Å². The highest BCUT2D eigenvalue weighted by Gasteiger charge is 2.27. The summed E-state index contributed by atoms with van der Waals surface area (Å²) in [6.45, 7) is 5.44. The molecule has 0 amide bonds. The van der Waals surface area contributed by atoms with Gasteiger partial charge >= 0.3 is 5.97 Å². The van der Waals surface area contributed by atoms with Gasteiger partial charge in [0.05, 0.1) is 12.2 Å². The van der Waals surface area contributed by atoms with Crippen molar-refractivity contribution < 1.29 is 23.1 Å². The lowest BCUT2D eigenvalue weighted by Gasteiger charge is -2.21. The molecular weight excluding hydrogens is 308 g/mol.